The molecule has 1 rings (SSSR count). The van der Waals surface area contributed by atoms with Crippen molar-refractivity contribution in [3.05, 3.63) is 0 Å². The first kappa shape index (κ1) is 13.8. The Morgan fingerprint density at radius 3 is 2.18 bits per heavy atom. The number of carbonyl (C=O) groups is 2. The van der Waals surface area contributed by atoms with Gasteiger partial charge in [-0.05, 0) is 25.2 Å². The quantitative estimate of drug-likeness (QED) is 0.798. The topological polar surface area (TPSA) is 60.9 Å². The SMILES string of the molecule is CC1CC(C)CN(C(=O)N(C)C(C)C(=O)O)C1. The molecule has 1 aliphatic rings. The van der Waals surface area contributed by atoms with Crippen LogP contribution in [0.15, 0.2) is 0 Å². The summed E-state index contributed by atoms with van der Waals surface area (Å²) in [5.74, 6) is -0.00794. The summed E-state index contributed by atoms with van der Waals surface area (Å²) in [6.07, 6.45) is 1.13. The van der Waals surface area contributed by atoms with Crippen molar-refractivity contribution >= 4 is 12.0 Å². The number of rotatable bonds is 2. The highest BCUT2D eigenvalue weighted by Crippen LogP contribution is 2.22. The molecule has 1 N–H and O–H groups in total. The number of hydrogen-bond donors (Lipinski definition) is 1. The van der Waals surface area contributed by atoms with E-state index in [1.54, 1.807) is 11.9 Å². The van der Waals surface area contributed by atoms with E-state index in [4.69, 9.17) is 5.11 Å². The normalized spacial score (nSPS) is 26.5. The molecule has 0 saturated carbocycles. The molecule has 0 aliphatic carbocycles. The lowest BCUT2D eigenvalue weighted by Gasteiger charge is -2.38. The lowest BCUT2D eigenvalue weighted by molar-refractivity contribution is -0.141. The average molecular weight is 242 g/mol. The Balaban J connectivity index is 2.65. The Bertz CT molecular complexity index is 296. The third kappa shape index (κ3) is 3.35. The monoisotopic (exact) mass is 242 g/mol. The molecular weight excluding hydrogens is 220 g/mol. The fourth-order valence-corrected chi connectivity index (χ4v) is 2.37. The molecular formula is C12H22N2O3. The Kier molecular flexibility index (Phi) is 4.37. The summed E-state index contributed by atoms with van der Waals surface area (Å²) in [5, 5.41) is 8.89. The molecule has 5 heteroatoms. The summed E-state index contributed by atoms with van der Waals surface area (Å²) in [7, 11) is 1.55. The van der Waals surface area contributed by atoms with Gasteiger partial charge in [0.05, 0.1) is 0 Å². The molecule has 0 radical (unpaired) electrons. The maximum atomic E-state index is 12.1. The van der Waals surface area contributed by atoms with Gasteiger partial charge >= 0.3 is 12.0 Å². The van der Waals surface area contributed by atoms with Crippen molar-refractivity contribution in [3.63, 3.8) is 0 Å². The molecule has 0 bridgehead atoms. The minimum atomic E-state index is -0.973. The molecule has 5 nitrogen and oxygen atoms in total. The van der Waals surface area contributed by atoms with E-state index >= 15 is 0 Å². The van der Waals surface area contributed by atoms with Crippen molar-refractivity contribution < 1.29 is 14.7 Å². The maximum Gasteiger partial charge on any atom is 0.326 e. The molecule has 3 unspecified atom stereocenters. The summed E-state index contributed by atoms with van der Waals surface area (Å²) >= 11 is 0. The van der Waals surface area contributed by atoms with E-state index in [2.05, 4.69) is 13.8 Å². The highest BCUT2D eigenvalue weighted by atomic mass is 16.4. The molecule has 0 spiro atoms. The number of piperidine rings is 1. The number of likely N-dealkylation sites (tertiary alicyclic amines) is 1. The number of hydrogen-bond acceptors (Lipinski definition) is 2. The lowest BCUT2D eigenvalue weighted by atomic mass is 9.92. The lowest BCUT2D eigenvalue weighted by Crippen LogP contribution is -2.51. The predicted octanol–water partition coefficient (Wildman–Crippen LogP) is 1.49. The number of carbonyl (C=O) groups excluding carboxylic acids is 1. The molecule has 1 saturated heterocycles. The van der Waals surface area contributed by atoms with Gasteiger partial charge in [-0.25, -0.2) is 9.59 Å². The van der Waals surface area contributed by atoms with Crippen LogP contribution in [0.1, 0.15) is 27.2 Å². The first-order chi connectivity index (χ1) is 7.82. The molecule has 17 heavy (non-hydrogen) atoms. The highest BCUT2D eigenvalue weighted by molar-refractivity contribution is 5.82. The van der Waals surface area contributed by atoms with Crippen molar-refractivity contribution in [1.82, 2.24) is 9.80 Å². The largest absolute Gasteiger partial charge is 0.480 e. The minimum Gasteiger partial charge on any atom is -0.480 e. The predicted molar refractivity (Wildman–Crippen MR) is 64.8 cm³/mol. The van der Waals surface area contributed by atoms with E-state index in [1.807, 2.05) is 0 Å². The van der Waals surface area contributed by atoms with Crippen molar-refractivity contribution in [1.29, 1.82) is 0 Å². The van der Waals surface area contributed by atoms with E-state index < -0.39 is 12.0 Å². The second-order valence-electron chi connectivity index (χ2n) is 5.26. The van der Waals surface area contributed by atoms with Gasteiger partial charge in [0.1, 0.15) is 6.04 Å². The van der Waals surface area contributed by atoms with Gasteiger partial charge in [0, 0.05) is 20.1 Å². The number of amides is 2. The van der Waals surface area contributed by atoms with Crippen LogP contribution in [0.5, 0.6) is 0 Å². The van der Waals surface area contributed by atoms with Gasteiger partial charge in [-0.15, -0.1) is 0 Å². The van der Waals surface area contributed by atoms with E-state index in [1.165, 1.54) is 11.8 Å². The number of carboxylic acid groups (broad SMARTS) is 1. The van der Waals surface area contributed by atoms with Crippen LogP contribution in [0, 0.1) is 11.8 Å². The van der Waals surface area contributed by atoms with Crippen LogP contribution in [0.2, 0.25) is 0 Å². The van der Waals surface area contributed by atoms with Crippen LogP contribution in [0.3, 0.4) is 0 Å². The van der Waals surface area contributed by atoms with Crippen molar-refractivity contribution in [2.24, 2.45) is 11.8 Å². The van der Waals surface area contributed by atoms with Crippen LogP contribution < -0.4 is 0 Å². The zero-order chi connectivity index (χ0) is 13.2. The number of nitrogens with zero attached hydrogens (tertiary/aromatic N) is 2. The van der Waals surface area contributed by atoms with Gasteiger partial charge in [0.2, 0.25) is 0 Å². The minimum absolute atomic E-state index is 0.182. The fourth-order valence-electron chi connectivity index (χ4n) is 2.37. The van der Waals surface area contributed by atoms with Crippen LogP contribution >= 0.6 is 0 Å². The van der Waals surface area contributed by atoms with Crippen LogP contribution in [-0.4, -0.2) is 53.1 Å². The van der Waals surface area contributed by atoms with Gasteiger partial charge in [0.15, 0.2) is 0 Å². The van der Waals surface area contributed by atoms with Gasteiger partial charge in [0.25, 0.3) is 0 Å². The summed E-state index contributed by atoms with van der Waals surface area (Å²) < 4.78 is 0. The average Bonchev–Trinajstić information content (AvgIpc) is 2.24. The molecule has 0 aromatic carbocycles. The standard InChI is InChI=1S/C12H22N2O3/c1-8-5-9(2)7-14(6-8)12(17)13(4)10(3)11(15)16/h8-10H,5-7H2,1-4H3,(H,15,16). The van der Waals surface area contributed by atoms with Crippen LogP contribution in [0.4, 0.5) is 4.79 Å². The molecule has 1 fully saturated rings. The zero-order valence-electron chi connectivity index (χ0n) is 11.0. The molecule has 0 aromatic rings. The highest BCUT2D eigenvalue weighted by Gasteiger charge is 2.30. The summed E-state index contributed by atoms with van der Waals surface area (Å²) in [5.41, 5.74) is 0. The Labute approximate surface area is 102 Å². The number of likely N-dealkylation sites (N-methyl/N-ethyl adjacent to an activating group) is 1. The van der Waals surface area contributed by atoms with Crippen molar-refractivity contribution in [2.75, 3.05) is 20.1 Å². The Morgan fingerprint density at radius 2 is 1.76 bits per heavy atom. The molecule has 1 heterocycles. The molecule has 98 valence electrons. The van der Waals surface area contributed by atoms with Gasteiger partial charge in [-0.2, -0.15) is 0 Å². The second kappa shape index (κ2) is 5.38. The molecule has 2 amide bonds. The Morgan fingerprint density at radius 1 is 1.29 bits per heavy atom. The van der Waals surface area contributed by atoms with E-state index in [-0.39, 0.29) is 6.03 Å². The van der Waals surface area contributed by atoms with Crippen molar-refractivity contribution in [2.45, 2.75) is 33.2 Å². The summed E-state index contributed by atoms with van der Waals surface area (Å²) in [4.78, 5) is 26.0. The van der Waals surface area contributed by atoms with E-state index in [0.29, 0.717) is 11.8 Å². The van der Waals surface area contributed by atoms with Gasteiger partial charge in [-0.3, -0.25) is 0 Å². The fraction of sp³-hybridized carbons (Fsp3) is 0.833. The van der Waals surface area contributed by atoms with Crippen LogP contribution in [0.25, 0.3) is 0 Å². The molecule has 3 atom stereocenters. The maximum absolute atomic E-state index is 12.1. The smallest absolute Gasteiger partial charge is 0.326 e. The van der Waals surface area contributed by atoms with Gasteiger partial charge < -0.3 is 14.9 Å². The number of urea groups is 1. The summed E-state index contributed by atoms with van der Waals surface area (Å²) in [6, 6.07) is -0.965. The number of carboxylic acids is 1. The first-order valence-electron chi connectivity index (χ1n) is 6.07. The zero-order valence-corrected chi connectivity index (χ0v) is 11.0. The Hall–Kier alpha value is -1.26. The summed E-state index contributed by atoms with van der Waals surface area (Å²) in [6.45, 7) is 7.21. The van der Waals surface area contributed by atoms with Crippen molar-refractivity contribution in [3.8, 4) is 0 Å². The first-order valence-corrected chi connectivity index (χ1v) is 6.07. The second-order valence-corrected chi connectivity index (χ2v) is 5.26. The molecule has 0 aromatic heterocycles. The van der Waals surface area contributed by atoms with Crippen LogP contribution in [-0.2, 0) is 4.79 Å². The van der Waals surface area contributed by atoms with E-state index in [0.717, 1.165) is 19.5 Å². The third-order valence-electron chi connectivity index (χ3n) is 3.38. The number of aliphatic carboxylic acids is 1. The van der Waals surface area contributed by atoms with E-state index in [9.17, 15) is 9.59 Å². The van der Waals surface area contributed by atoms with Gasteiger partial charge in [-0.1, -0.05) is 13.8 Å². The third-order valence-corrected chi connectivity index (χ3v) is 3.38. The molecule has 1 aliphatic heterocycles.